The minimum atomic E-state index is -0.853. The smallest absolute Gasteiger partial charge is 0.317 e. The van der Waals surface area contributed by atoms with Crippen LogP contribution in [-0.4, -0.2) is 30.9 Å². The molecule has 1 aliphatic rings. The molecule has 164 valence electrons. The van der Waals surface area contributed by atoms with Gasteiger partial charge in [-0.3, -0.25) is 14.4 Å². The summed E-state index contributed by atoms with van der Waals surface area (Å²) in [5.41, 5.74) is 2.54. The molecule has 2 aromatic carbocycles. The summed E-state index contributed by atoms with van der Waals surface area (Å²) in [6, 6.07) is 11.4. The number of carbonyl (C=O) groups excluding carboxylic acids is 3. The first-order valence-corrected chi connectivity index (χ1v) is 10.4. The average molecular weight is 426 g/mol. The Hall–Kier alpha value is -3.22. The van der Waals surface area contributed by atoms with E-state index >= 15 is 0 Å². The van der Waals surface area contributed by atoms with Crippen LogP contribution in [0.2, 0.25) is 0 Å². The summed E-state index contributed by atoms with van der Waals surface area (Å²) in [6.07, 6.45) is 2.91. The molecule has 2 aromatic rings. The molecule has 0 spiro atoms. The molecule has 0 heterocycles. The van der Waals surface area contributed by atoms with Crippen LogP contribution in [0, 0.1) is 19.7 Å². The van der Waals surface area contributed by atoms with Crippen molar-refractivity contribution in [2.45, 2.75) is 44.9 Å². The minimum Gasteiger partial charge on any atom is -0.455 e. The van der Waals surface area contributed by atoms with E-state index in [4.69, 9.17) is 4.74 Å². The molecule has 0 bridgehead atoms. The number of ether oxygens (including phenoxy) is 1. The molecule has 1 aliphatic carbocycles. The lowest BCUT2D eigenvalue weighted by Gasteiger charge is -2.27. The highest BCUT2D eigenvalue weighted by molar-refractivity contribution is 5.95. The number of benzene rings is 2. The van der Waals surface area contributed by atoms with Gasteiger partial charge in [0.15, 0.2) is 6.61 Å². The zero-order valence-corrected chi connectivity index (χ0v) is 17.8. The third-order valence-corrected chi connectivity index (χ3v) is 5.90. The molecule has 0 radical (unpaired) electrons. The Kier molecular flexibility index (Phi) is 7.05. The zero-order chi connectivity index (χ0) is 22.4. The van der Waals surface area contributed by atoms with Gasteiger partial charge in [0.1, 0.15) is 5.82 Å². The molecule has 0 aliphatic heterocycles. The lowest BCUT2D eigenvalue weighted by Crippen LogP contribution is -2.39. The summed E-state index contributed by atoms with van der Waals surface area (Å²) >= 11 is 0. The van der Waals surface area contributed by atoms with Gasteiger partial charge in [-0.05, 0) is 61.6 Å². The van der Waals surface area contributed by atoms with Gasteiger partial charge < -0.3 is 15.4 Å². The van der Waals surface area contributed by atoms with Gasteiger partial charge in [-0.15, -0.1) is 0 Å². The summed E-state index contributed by atoms with van der Waals surface area (Å²) < 4.78 is 18.6. The molecular formula is C24H27FN2O4. The Morgan fingerprint density at radius 2 is 1.68 bits per heavy atom. The number of amides is 2. The van der Waals surface area contributed by atoms with Crippen molar-refractivity contribution in [3.63, 3.8) is 0 Å². The van der Waals surface area contributed by atoms with Crippen LogP contribution >= 0.6 is 0 Å². The second kappa shape index (κ2) is 9.73. The Bertz CT molecular complexity index is 966. The topological polar surface area (TPSA) is 84.5 Å². The highest BCUT2D eigenvalue weighted by atomic mass is 19.1. The predicted octanol–water partition coefficient (Wildman–Crippen LogP) is 3.55. The minimum absolute atomic E-state index is 0.229. The molecule has 1 fully saturated rings. The Labute approximate surface area is 181 Å². The summed E-state index contributed by atoms with van der Waals surface area (Å²) in [7, 11) is 0. The third kappa shape index (κ3) is 5.29. The van der Waals surface area contributed by atoms with Crippen molar-refractivity contribution >= 4 is 23.5 Å². The number of esters is 1. The fourth-order valence-corrected chi connectivity index (χ4v) is 3.94. The number of halogens is 1. The first kappa shape index (κ1) is 22.5. The standard InChI is InChI=1S/C24H27FN2O4/c1-16-6-5-7-20(17(16)2)27-21(28)14-26-22(29)15-31-23(30)24(12-3-4-13-24)18-8-10-19(25)11-9-18/h5-11H,3-4,12-15H2,1-2H3,(H,26,29)(H,27,28). The van der Waals surface area contributed by atoms with E-state index in [0.29, 0.717) is 24.1 Å². The number of anilines is 1. The largest absolute Gasteiger partial charge is 0.455 e. The first-order chi connectivity index (χ1) is 14.8. The zero-order valence-electron chi connectivity index (χ0n) is 17.8. The third-order valence-electron chi connectivity index (χ3n) is 5.90. The van der Waals surface area contributed by atoms with E-state index in [0.717, 1.165) is 24.0 Å². The highest BCUT2D eigenvalue weighted by Crippen LogP contribution is 2.42. The molecule has 31 heavy (non-hydrogen) atoms. The number of aryl methyl sites for hydroxylation is 1. The molecule has 2 N–H and O–H groups in total. The highest BCUT2D eigenvalue weighted by Gasteiger charge is 2.44. The van der Waals surface area contributed by atoms with Gasteiger partial charge in [0, 0.05) is 5.69 Å². The van der Waals surface area contributed by atoms with E-state index in [1.807, 2.05) is 26.0 Å². The van der Waals surface area contributed by atoms with Crippen LogP contribution in [0.15, 0.2) is 42.5 Å². The molecule has 2 amide bonds. The number of rotatable bonds is 7. The van der Waals surface area contributed by atoms with Crippen LogP contribution in [0.25, 0.3) is 0 Å². The molecule has 7 heteroatoms. The monoisotopic (exact) mass is 426 g/mol. The molecule has 1 saturated carbocycles. The second-order valence-electron chi connectivity index (χ2n) is 7.94. The van der Waals surface area contributed by atoms with Crippen LogP contribution in [0.1, 0.15) is 42.4 Å². The van der Waals surface area contributed by atoms with Gasteiger partial charge in [-0.2, -0.15) is 0 Å². The van der Waals surface area contributed by atoms with Gasteiger partial charge in [0.2, 0.25) is 5.91 Å². The van der Waals surface area contributed by atoms with Crippen molar-refractivity contribution in [1.82, 2.24) is 5.32 Å². The molecule has 3 rings (SSSR count). The Morgan fingerprint density at radius 3 is 2.35 bits per heavy atom. The van der Waals surface area contributed by atoms with Gasteiger partial charge in [-0.25, -0.2) is 4.39 Å². The van der Waals surface area contributed by atoms with Crippen molar-refractivity contribution in [3.8, 4) is 0 Å². The number of nitrogens with one attached hydrogen (secondary N) is 2. The lowest BCUT2D eigenvalue weighted by atomic mass is 9.79. The van der Waals surface area contributed by atoms with Crippen LogP contribution in [0.4, 0.5) is 10.1 Å². The van der Waals surface area contributed by atoms with Gasteiger partial charge >= 0.3 is 5.97 Å². The van der Waals surface area contributed by atoms with Crippen LogP contribution in [-0.2, 0) is 24.5 Å². The lowest BCUT2D eigenvalue weighted by molar-refractivity contribution is -0.154. The average Bonchev–Trinajstić information content (AvgIpc) is 3.25. The normalized spacial score (nSPS) is 14.7. The fourth-order valence-electron chi connectivity index (χ4n) is 3.94. The van der Waals surface area contributed by atoms with Crippen LogP contribution in [0.5, 0.6) is 0 Å². The van der Waals surface area contributed by atoms with Gasteiger partial charge in [0.25, 0.3) is 5.91 Å². The van der Waals surface area contributed by atoms with E-state index in [1.165, 1.54) is 12.1 Å². The maximum Gasteiger partial charge on any atom is 0.317 e. The molecule has 6 nitrogen and oxygen atoms in total. The van der Waals surface area contributed by atoms with Crippen molar-refractivity contribution in [2.24, 2.45) is 0 Å². The summed E-state index contributed by atoms with van der Waals surface area (Å²) in [5, 5.41) is 5.22. The molecule has 0 saturated heterocycles. The SMILES string of the molecule is Cc1cccc(NC(=O)CNC(=O)COC(=O)C2(c3ccc(F)cc3)CCCC2)c1C. The van der Waals surface area contributed by atoms with E-state index < -0.39 is 23.9 Å². The molecule has 0 atom stereocenters. The van der Waals surface area contributed by atoms with Gasteiger partial charge in [0.05, 0.1) is 12.0 Å². The van der Waals surface area contributed by atoms with Crippen LogP contribution in [0.3, 0.4) is 0 Å². The summed E-state index contributed by atoms with van der Waals surface area (Å²) in [6.45, 7) is 3.15. The maximum absolute atomic E-state index is 13.3. The molecule has 0 aromatic heterocycles. The van der Waals surface area contributed by atoms with Crippen molar-refractivity contribution in [3.05, 3.63) is 65.0 Å². The fraction of sp³-hybridized carbons (Fsp3) is 0.375. The van der Waals surface area contributed by atoms with Crippen molar-refractivity contribution in [1.29, 1.82) is 0 Å². The van der Waals surface area contributed by atoms with E-state index in [-0.39, 0.29) is 18.3 Å². The number of carbonyl (C=O) groups is 3. The Morgan fingerprint density at radius 1 is 1.00 bits per heavy atom. The van der Waals surface area contributed by atoms with E-state index in [9.17, 15) is 18.8 Å². The van der Waals surface area contributed by atoms with Crippen molar-refractivity contribution in [2.75, 3.05) is 18.5 Å². The predicted molar refractivity (Wildman–Crippen MR) is 115 cm³/mol. The van der Waals surface area contributed by atoms with E-state index in [2.05, 4.69) is 10.6 Å². The summed E-state index contributed by atoms with van der Waals surface area (Å²) in [5.74, 6) is -1.79. The molecular weight excluding hydrogens is 399 g/mol. The van der Waals surface area contributed by atoms with Crippen LogP contribution < -0.4 is 10.6 Å². The maximum atomic E-state index is 13.3. The van der Waals surface area contributed by atoms with E-state index in [1.54, 1.807) is 18.2 Å². The first-order valence-electron chi connectivity index (χ1n) is 10.4. The second-order valence-corrected chi connectivity index (χ2v) is 7.94. The molecule has 0 unspecified atom stereocenters. The quantitative estimate of drug-likeness (QED) is 0.663. The van der Waals surface area contributed by atoms with Crippen molar-refractivity contribution < 1.29 is 23.5 Å². The Balaban J connectivity index is 1.51. The summed E-state index contributed by atoms with van der Waals surface area (Å²) in [4.78, 5) is 37.1. The number of hydrogen-bond acceptors (Lipinski definition) is 4. The van der Waals surface area contributed by atoms with Gasteiger partial charge in [-0.1, -0.05) is 37.1 Å². The number of hydrogen-bond donors (Lipinski definition) is 2.